The fourth-order valence-corrected chi connectivity index (χ4v) is 5.98. The number of rotatable bonds is 7. The Morgan fingerprint density at radius 1 is 1.03 bits per heavy atom. The molecule has 1 amide bonds. The van der Waals surface area contributed by atoms with Gasteiger partial charge in [-0.1, -0.05) is 47.5 Å². The van der Waals surface area contributed by atoms with E-state index in [2.05, 4.69) is 21.8 Å². The Morgan fingerprint density at radius 3 is 2.46 bits per heavy atom. The van der Waals surface area contributed by atoms with Gasteiger partial charge in [0.05, 0.1) is 22.9 Å². The average Bonchev–Trinajstić information content (AvgIpc) is 3.01. The average molecular weight is 570 g/mol. The fraction of sp³-hybridized carbons (Fsp3) is 0.400. The van der Waals surface area contributed by atoms with Crippen LogP contribution in [0.2, 0.25) is 10.0 Å². The summed E-state index contributed by atoms with van der Waals surface area (Å²) in [5, 5.41) is 12.7. The molecule has 2 aromatic carbocycles. The van der Waals surface area contributed by atoms with Gasteiger partial charge in [0, 0.05) is 54.7 Å². The molecule has 2 aliphatic heterocycles. The molecule has 1 aromatic heterocycles. The van der Waals surface area contributed by atoms with Gasteiger partial charge in [-0.05, 0) is 69.4 Å². The Bertz CT molecular complexity index is 1330. The summed E-state index contributed by atoms with van der Waals surface area (Å²) in [6.07, 6.45) is 2.62. The Morgan fingerprint density at radius 2 is 1.77 bits per heavy atom. The highest BCUT2D eigenvalue weighted by Crippen LogP contribution is 2.46. The van der Waals surface area contributed by atoms with Crippen LogP contribution in [0.4, 0.5) is 0 Å². The zero-order valence-corrected chi connectivity index (χ0v) is 24.0. The number of fused-ring (bicyclic) bond motifs is 1. The number of hydrogen-bond donors (Lipinski definition) is 1. The van der Waals surface area contributed by atoms with Crippen LogP contribution in [0.25, 0.3) is 0 Å². The minimum absolute atomic E-state index is 0.201. The molecule has 0 aliphatic carbocycles. The van der Waals surface area contributed by atoms with Crippen LogP contribution in [-0.4, -0.2) is 77.6 Å². The SMILES string of the molecule is CO[C@]1(c2ccc(Cl)cc2)c2ccc(C(C)(O)CN3CCCN(C)CC3)cc2C(=O)N1Cc1ccc(Cl)cn1. The second kappa shape index (κ2) is 11.2. The number of β-amino-alcohol motifs (C(OH)–C–C–N with tert-alkyl or cyclic N) is 1. The van der Waals surface area contributed by atoms with Crippen LogP contribution < -0.4 is 0 Å². The lowest BCUT2D eigenvalue weighted by atomic mass is 9.88. The third kappa shape index (κ3) is 5.44. The van der Waals surface area contributed by atoms with E-state index in [4.69, 9.17) is 27.9 Å². The summed E-state index contributed by atoms with van der Waals surface area (Å²) < 4.78 is 6.23. The molecule has 0 radical (unpaired) electrons. The molecule has 1 unspecified atom stereocenters. The summed E-state index contributed by atoms with van der Waals surface area (Å²) in [6, 6.07) is 16.5. The topological polar surface area (TPSA) is 69.1 Å². The number of benzene rings is 2. The normalized spacial score (nSPS) is 22.0. The van der Waals surface area contributed by atoms with Gasteiger partial charge in [-0.2, -0.15) is 0 Å². The molecule has 0 saturated carbocycles. The number of pyridine rings is 1. The van der Waals surface area contributed by atoms with E-state index >= 15 is 0 Å². The van der Waals surface area contributed by atoms with Crippen molar-refractivity contribution in [1.29, 1.82) is 0 Å². The van der Waals surface area contributed by atoms with Crippen LogP contribution >= 0.6 is 23.2 Å². The van der Waals surface area contributed by atoms with Crippen molar-refractivity contribution in [2.45, 2.75) is 31.2 Å². The molecule has 3 heterocycles. The molecule has 1 N–H and O–H groups in total. The van der Waals surface area contributed by atoms with Crippen LogP contribution in [0.5, 0.6) is 0 Å². The number of aliphatic hydroxyl groups is 1. The molecule has 9 heteroatoms. The molecule has 2 aliphatic rings. The number of halogens is 2. The summed E-state index contributed by atoms with van der Waals surface area (Å²) in [6.45, 7) is 6.34. The molecule has 0 bridgehead atoms. The second-order valence-electron chi connectivity index (χ2n) is 10.7. The first-order chi connectivity index (χ1) is 18.6. The first-order valence-corrected chi connectivity index (χ1v) is 13.9. The third-order valence-electron chi connectivity index (χ3n) is 7.85. The number of amides is 1. The summed E-state index contributed by atoms with van der Waals surface area (Å²) in [5.41, 5.74) is 1.01. The van der Waals surface area contributed by atoms with E-state index < -0.39 is 11.3 Å². The standard InChI is InChI=1S/C30H34Cl2N4O3/c1-29(38,20-35-14-4-13-34(2)15-16-35)22-7-12-27-26(17-22)28(37)36(19-25-11-10-24(32)18-33-25)30(27,39-3)21-5-8-23(31)9-6-21/h5-12,17-18,38H,4,13-16,19-20H2,1-3H3/t29?,30-/m1/s1. The summed E-state index contributed by atoms with van der Waals surface area (Å²) in [7, 11) is 3.72. The maximum Gasteiger partial charge on any atom is 0.257 e. The first kappa shape index (κ1) is 28.0. The smallest absolute Gasteiger partial charge is 0.257 e. The highest BCUT2D eigenvalue weighted by Gasteiger charge is 2.52. The van der Waals surface area contributed by atoms with Crippen molar-refractivity contribution in [3.8, 4) is 0 Å². The summed E-state index contributed by atoms with van der Waals surface area (Å²) >= 11 is 12.3. The first-order valence-electron chi connectivity index (χ1n) is 13.2. The molecule has 1 saturated heterocycles. The van der Waals surface area contributed by atoms with Crippen molar-refractivity contribution < 1.29 is 14.6 Å². The van der Waals surface area contributed by atoms with Crippen LogP contribution in [0.1, 0.15) is 46.1 Å². The van der Waals surface area contributed by atoms with E-state index in [9.17, 15) is 9.90 Å². The highest BCUT2D eigenvalue weighted by atomic mass is 35.5. The van der Waals surface area contributed by atoms with Gasteiger partial charge in [0.25, 0.3) is 5.91 Å². The minimum Gasteiger partial charge on any atom is -0.384 e. The lowest BCUT2D eigenvalue weighted by Crippen LogP contribution is -2.45. The maximum absolute atomic E-state index is 14.1. The number of ether oxygens (including phenoxy) is 1. The Hall–Kier alpha value is -2.52. The molecule has 3 aromatic rings. The van der Waals surface area contributed by atoms with Crippen molar-refractivity contribution in [2.75, 3.05) is 46.9 Å². The van der Waals surface area contributed by atoms with Crippen LogP contribution in [0.3, 0.4) is 0 Å². The number of methoxy groups -OCH3 is 1. The number of carbonyl (C=O) groups is 1. The number of likely N-dealkylation sites (N-methyl/N-ethyl adjacent to an activating group) is 1. The summed E-state index contributed by atoms with van der Waals surface area (Å²) in [5.74, 6) is -0.201. The number of carbonyl (C=O) groups excluding carboxylic acids is 1. The van der Waals surface area contributed by atoms with E-state index in [-0.39, 0.29) is 12.5 Å². The van der Waals surface area contributed by atoms with Gasteiger partial charge >= 0.3 is 0 Å². The van der Waals surface area contributed by atoms with Gasteiger partial charge in [-0.15, -0.1) is 0 Å². The lowest BCUT2D eigenvalue weighted by Gasteiger charge is -2.38. The zero-order chi connectivity index (χ0) is 27.8. The van der Waals surface area contributed by atoms with Gasteiger partial charge in [-0.25, -0.2) is 0 Å². The summed E-state index contributed by atoms with van der Waals surface area (Å²) in [4.78, 5) is 24.8. The number of aromatic nitrogens is 1. The molecular weight excluding hydrogens is 535 g/mol. The van der Waals surface area contributed by atoms with Gasteiger partial charge in [0.2, 0.25) is 0 Å². The molecule has 206 valence electrons. The van der Waals surface area contributed by atoms with Crippen LogP contribution in [0.15, 0.2) is 60.8 Å². The quantitative estimate of drug-likeness (QED) is 0.444. The molecule has 2 atom stereocenters. The van der Waals surface area contributed by atoms with Gasteiger partial charge in [0.15, 0.2) is 5.72 Å². The lowest BCUT2D eigenvalue weighted by molar-refractivity contribution is -0.0868. The predicted octanol–water partition coefficient (Wildman–Crippen LogP) is 4.74. The molecule has 0 spiro atoms. The third-order valence-corrected chi connectivity index (χ3v) is 8.32. The molecule has 1 fully saturated rings. The Kier molecular flexibility index (Phi) is 8.02. The van der Waals surface area contributed by atoms with E-state index in [1.165, 1.54) is 0 Å². The Labute approximate surface area is 239 Å². The van der Waals surface area contributed by atoms with Crippen molar-refractivity contribution >= 4 is 29.1 Å². The molecule has 5 rings (SSSR count). The van der Waals surface area contributed by atoms with E-state index in [1.54, 1.807) is 42.5 Å². The molecule has 39 heavy (non-hydrogen) atoms. The fourth-order valence-electron chi connectivity index (χ4n) is 5.74. The second-order valence-corrected chi connectivity index (χ2v) is 11.6. The zero-order valence-electron chi connectivity index (χ0n) is 22.5. The largest absolute Gasteiger partial charge is 0.384 e. The van der Waals surface area contributed by atoms with Crippen molar-refractivity contribution in [3.05, 3.63) is 98.8 Å². The minimum atomic E-state index is -1.20. The maximum atomic E-state index is 14.1. The Balaban J connectivity index is 1.55. The van der Waals surface area contributed by atoms with E-state index in [0.29, 0.717) is 39.0 Å². The van der Waals surface area contributed by atoms with Crippen LogP contribution in [0, 0.1) is 0 Å². The van der Waals surface area contributed by atoms with Gasteiger partial charge in [-0.3, -0.25) is 19.6 Å². The number of nitrogens with zero attached hydrogens (tertiary/aromatic N) is 4. The van der Waals surface area contributed by atoms with Crippen molar-refractivity contribution in [2.24, 2.45) is 0 Å². The monoisotopic (exact) mass is 568 g/mol. The van der Waals surface area contributed by atoms with Crippen molar-refractivity contribution in [3.63, 3.8) is 0 Å². The molecular formula is C30H34Cl2N4O3. The molecule has 7 nitrogen and oxygen atoms in total. The van der Waals surface area contributed by atoms with Crippen LogP contribution in [-0.2, 0) is 22.6 Å². The van der Waals surface area contributed by atoms with Gasteiger partial charge < -0.3 is 14.7 Å². The van der Waals surface area contributed by atoms with E-state index in [0.717, 1.165) is 38.2 Å². The highest BCUT2D eigenvalue weighted by molar-refractivity contribution is 6.30. The van der Waals surface area contributed by atoms with Gasteiger partial charge in [0.1, 0.15) is 0 Å². The number of hydrogen-bond acceptors (Lipinski definition) is 6. The predicted molar refractivity (Wildman–Crippen MR) is 153 cm³/mol. The van der Waals surface area contributed by atoms with Crippen molar-refractivity contribution in [1.82, 2.24) is 19.7 Å². The van der Waals surface area contributed by atoms with E-state index in [1.807, 2.05) is 37.3 Å².